The fraction of sp³-hybridized carbons (Fsp3) is 0.0909. The van der Waals surface area contributed by atoms with Crippen LogP contribution in [0.5, 0.6) is 0 Å². The van der Waals surface area contributed by atoms with E-state index in [0.717, 1.165) is 6.20 Å². The Morgan fingerprint density at radius 3 is 2.50 bits per heavy atom. The van der Waals surface area contributed by atoms with Crippen LogP contribution in [0.15, 0.2) is 70.4 Å². The van der Waals surface area contributed by atoms with E-state index in [1.807, 2.05) is 6.07 Å². The summed E-state index contributed by atoms with van der Waals surface area (Å²) in [4.78, 5) is 12.0. The summed E-state index contributed by atoms with van der Waals surface area (Å²) in [5.41, 5.74) is -2.09. The molecule has 0 aromatic heterocycles. The standard InChI is InChI=1S/C22H16F4N4O3S/c1-12-13(9-27)6-7-28-11-29-10-15(12)22(31)20-17(25)4-5-18(21(20)26)30-34(32,33)19-8-14(23)2-3-16(19)24/h2-8,10,28-30H,11H2,1H3/b7-6-,13-12-,15-10+. The van der Waals surface area contributed by atoms with Gasteiger partial charge in [0.25, 0.3) is 10.0 Å². The highest BCUT2D eigenvalue weighted by atomic mass is 32.2. The van der Waals surface area contributed by atoms with Crippen LogP contribution in [0.2, 0.25) is 0 Å². The van der Waals surface area contributed by atoms with Crippen molar-refractivity contribution in [1.29, 1.82) is 5.26 Å². The van der Waals surface area contributed by atoms with Crippen molar-refractivity contribution in [3.8, 4) is 6.07 Å². The largest absolute Gasteiger partial charge is 0.374 e. The van der Waals surface area contributed by atoms with Gasteiger partial charge in [-0.2, -0.15) is 5.26 Å². The Hall–Kier alpha value is -4.11. The third-order valence-electron chi connectivity index (χ3n) is 4.74. The number of nitrogens with one attached hydrogen (secondary N) is 3. The lowest BCUT2D eigenvalue weighted by Crippen LogP contribution is -2.22. The summed E-state index contributed by atoms with van der Waals surface area (Å²) >= 11 is 0. The second-order valence-corrected chi connectivity index (χ2v) is 8.57. The zero-order valence-electron chi connectivity index (χ0n) is 17.4. The molecule has 0 bridgehead atoms. The second kappa shape index (κ2) is 9.80. The average molecular weight is 492 g/mol. The SMILES string of the molecule is CC1=C(C#N)\C=C/NCN/C=C\1C(=O)c1c(F)ccc(NS(=O)(=O)c2cc(F)ccc2F)c1F. The number of carbonyl (C=O) groups is 1. The van der Waals surface area contributed by atoms with Crippen LogP contribution < -0.4 is 15.4 Å². The molecule has 0 amide bonds. The number of nitriles is 1. The molecule has 0 spiro atoms. The summed E-state index contributed by atoms with van der Waals surface area (Å²) in [6.07, 6.45) is 3.97. The van der Waals surface area contributed by atoms with E-state index in [9.17, 15) is 31.6 Å². The van der Waals surface area contributed by atoms with Crippen LogP contribution >= 0.6 is 0 Å². The number of Topliss-reactive ketones (excluding diaryl/α,β-unsaturated/α-hetero) is 1. The van der Waals surface area contributed by atoms with Crippen LogP contribution in [-0.2, 0) is 10.0 Å². The van der Waals surface area contributed by atoms with E-state index in [-0.39, 0.29) is 23.4 Å². The number of halogens is 4. The molecule has 0 aliphatic carbocycles. The van der Waals surface area contributed by atoms with Crippen molar-refractivity contribution in [2.45, 2.75) is 11.8 Å². The van der Waals surface area contributed by atoms with E-state index in [0.29, 0.717) is 30.3 Å². The first kappa shape index (κ1) is 24.5. The minimum absolute atomic E-state index is 0.0371. The molecule has 1 heterocycles. The summed E-state index contributed by atoms with van der Waals surface area (Å²) in [5, 5.41) is 14.8. The number of anilines is 1. The van der Waals surface area contributed by atoms with E-state index >= 15 is 4.39 Å². The summed E-state index contributed by atoms with van der Waals surface area (Å²) in [5.74, 6) is -6.42. The summed E-state index contributed by atoms with van der Waals surface area (Å²) < 4.78 is 83.9. The number of sulfonamides is 1. The van der Waals surface area contributed by atoms with Gasteiger partial charge in [-0.15, -0.1) is 0 Å². The number of allylic oxidation sites excluding steroid dienone is 4. The molecule has 176 valence electrons. The molecule has 0 radical (unpaired) electrons. The number of carbonyl (C=O) groups excluding carboxylic acids is 1. The van der Waals surface area contributed by atoms with Gasteiger partial charge in [-0.05, 0) is 55.1 Å². The van der Waals surface area contributed by atoms with E-state index in [2.05, 4.69) is 10.6 Å². The molecule has 2 aromatic rings. The van der Waals surface area contributed by atoms with Crippen LogP contribution in [0.3, 0.4) is 0 Å². The normalized spacial score (nSPS) is 18.6. The molecule has 1 aliphatic rings. The Kier molecular flexibility index (Phi) is 7.07. The average Bonchev–Trinajstić information content (AvgIpc) is 2.87. The summed E-state index contributed by atoms with van der Waals surface area (Å²) in [6, 6.07) is 4.86. The highest BCUT2D eigenvalue weighted by molar-refractivity contribution is 7.92. The van der Waals surface area contributed by atoms with Crippen LogP contribution in [0.25, 0.3) is 0 Å². The maximum absolute atomic E-state index is 15.2. The van der Waals surface area contributed by atoms with Crippen molar-refractivity contribution in [1.82, 2.24) is 10.6 Å². The molecular formula is C22H16F4N4O3S. The van der Waals surface area contributed by atoms with Gasteiger partial charge < -0.3 is 10.6 Å². The van der Waals surface area contributed by atoms with Gasteiger partial charge in [0.15, 0.2) is 5.82 Å². The molecular weight excluding hydrogens is 476 g/mol. The third kappa shape index (κ3) is 4.94. The Balaban J connectivity index is 2.09. The van der Waals surface area contributed by atoms with Crippen molar-refractivity contribution in [3.63, 3.8) is 0 Å². The second-order valence-electron chi connectivity index (χ2n) is 6.92. The van der Waals surface area contributed by atoms with E-state index in [1.54, 1.807) is 4.72 Å². The Labute approximate surface area is 192 Å². The fourth-order valence-electron chi connectivity index (χ4n) is 3.01. The van der Waals surface area contributed by atoms with Gasteiger partial charge in [0.1, 0.15) is 22.3 Å². The van der Waals surface area contributed by atoms with Crippen molar-refractivity contribution in [2.75, 3.05) is 11.4 Å². The molecule has 0 atom stereocenters. The van der Waals surface area contributed by atoms with Crippen LogP contribution in [0.4, 0.5) is 23.2 Å². The van der Waals surface area contributed by atoms with E-state index < -0.39 is 55.2 Å². The van der Waals surface area contributed by atoms with Gasteiger partial charge in [0.05, 0.1) is 29.6 Å². The van der Waals surface area contributed by atoms with Crippen molar-refractivity contribution >= 4 is 21.5 Å². The van der Waals surface area contributed by atoms with Crippen molar-refractivity contribution < 1.29 is 30.8 Å². The van der Waals surface area contributed by atoms with Crippen molar-refractivity contribution in [3.05, 3.63) is 94.4 Å². The Bertz CT molecular complexity index is 1410. The van der Waals surface area contributed by atoms with E-state index in [1.165, 1.54) is 19.2 Å². The number of rotatable bonds is 5. The van der Waals surface area contributed by atoms with Gasteiger partial charge in [-0.25, -0.2) is 26.0 Å². The van der Waals surface area contributed by atoms with Crippen LogP contribution in [0.1, 0.15) is 17.3 Å². The minimum Gasteiger partial charge on any atom is -0.374 e. The highest BCUT2D eigenvalue weighted by Crippen LogP contribution is 2.29. The number of ketones is 1. The first-order valence-corrected chi connectivity index (χ1v) is 11.0. The quantitative estimate of drug-likeness (QED) is 0.435. The van der Waals surface area contributed by atoms with Gasteiger partial charge in [-0.3, -0.25) is 9.52 Å². The molecule has 34 heavy (non-hydrogen) atoms. The zero-order chi connectivity index (χ0) is 25.0. The number of nitrogens with zero attached hydrogens (tertiary/aromatic N) is 1. The Morgan fingerprint density at radius 1 is 1.09 bits per heavy atom. The van der Waals surface area contributed by atoms with Crippen LogP contribution in [-0.4, -0.2) is 20.9 Å². The summed E-state index contributed by atoms with van der Waals surface area (Å²) in [6.45, 7) is 1.53. The molecule has 0 unspecified atom stereocenters. The maximum atomic E-state index is 15.2. The number of hydrogen-bond donors (Lipinski definition) is 3. The fourth-order valence-corrected chi connectivity index (χ4v) is 4.16. The lowest BCUT2D eigenvalue weighted by atomic mass is 9.94. The zero-order valence-corrected chi connectivity index (χ0v) is 18.2. The number of benzene rings is 2. The first-order valence-electron chi connectivity index (χ1n) is 9.52. The molecule has 3 N–H and O–H groups in total. The Morgan fingerprint density at radius 2 is 1.79 bits per heavy atom. The molecule has 12 heteroatoms. The van der Waals surface area contributed by atoms with Gasteiger partial charge in [0.2, 0.25) is 5.78 Å². The molecule has 7 nitrogen and oxygen atoms in total. The molecule has 1 aliphatic heterocycles. The van der Waals surface area contributed by atoms with Crippen LogP contribution in [0, 0.1) is 34.6 Å². The highest BCUT2D eigenvalue weighted by Gasteiger charge is 2.28. The van der Waals surface area contributed by atoms with Gasteiger partial charge in [-0.1, -0.05) is 0 Å². The summed E-state index contributed by atoms with van der Waals surface area (Å²) in [7, 11) is -4.84. The number of hydrogen-bond acceptors (Lipinski definition) is 6. The maximum Gasteiger partial charge on any atom is 0.265 e. The molecule has 0 saturated carbocycles. The third-order valence-corrected chi connectivity index (χ3v) is 6.12. The topological polar surface area (TPSA) is 111 Å². The predicted octanol–water partition coefficient (Wildman–Crippen LogP) is 3.61. The molecule has 0 saturated heterocycles. The monoisotopic (exact) mass is 492 g/mol. The molecule has 0 fully saturated rings. The van der Waals surface area contributed by atoms with E-state index in [4.69, 9.17) is 0 Å². The molecule has 2 aromatic carbocycles. The first-order chi connectivity index (χ1) is 16.1. The minimum atomic E-state index is -4.84. The molecule has 3 rings (SSSR count). The lowest BCUT2D eigenvalue weighted by Gasteiger charge is -2.14. The lowest BCUT2D eigenvalue weighted by molar-refractivity contribution is 0.102. The predicted molar refractivity (Wildman–Crippen MR) is 115 cm³/mol. The van der Waals surface area contributed by atoms with Crippen molar-refractivity contribution in [2.24, 2.45) is 0 Å². The van der Waals surface area contributed by atoms with Gasteiger partial charge >= 0.3 is 0 Å². The smallest absolute Gasteiger partial charge is 0.265 e. The van der Waals surface area contributed by atoms with Gasteiger partial charge in [0, 0.05) is 11.8 Å².